The van der Waals surface area contributed by atoms with Crippen LogP contribution in [0.15, 0.2) is 36.9 Å². The van der Waals surface area contributed by atoms with E-state index in [9.17, 15) is 4.79 Å². The molecule has 4 nitrogen and oxygen atoms in total. The van der Waals surface area contributed by atoms with Crippen molar-refractivity contribution in [2.24, 2.45) is 5.92 Å². The van der Waals surface area contributed by atoms with Crippen LogP contribution in [0.3, 0.4) is 0 Å². The Labute approximate surface area is 133 Å². The molecule has 22 heavy (non-hydrogen) atoms. The molecule has 1 aromatic rings. The van der Waals surface area contributed by atoms with Gasteiger partial charge in [0.25, 0.3) is 0 Å². The summed E-state index contributed by atoms with van der Waals surface area (Å²) >= 11 is 0. The van der Waals surface area contributed by atoms with Gasteiger partial charge in [0.1, 0.15) is 6.61 Å². The largest absolute Gasteiger partial charge is 0.493 e. The van der Waals surface area contributed by atoms with E-state index in [1.54, 1.807) is 37.3 Å². The van der Waals surface area contributed by atoms with Crippen molar-refractivity contribution >= 4 is 12.0 Å². The molecule has 0 aliphatic heterocycles. The third-order valence-corrected chi connectivity index (χ3v) is 2.98. The summed E-state index contributed by atoms with van der Waals surface area (Å²) in [6.07, 6.45) is 5.02. The van der Waals surface area contributed by atoms with Gasteiger partial charge in [0, 0.05) is 19.7 Å². The quantitative estimate of drug-likeness (QED) is 0.546. The lowest BCUT2D eigenvalue weighted by molar-refractivity contribution is -0.125. The van der Waals surface area contributed by atoms with Crippen LogP contribution in [0.4, 0.5) is 0 Å². The third-order valence-electron chi connectivity index (χ3n) is 2.98. The molecule has 0 unspecified atom stereocenters. The minimum Gasteiger partial charge on any atom is -0.493 e. The minimum absolute atomic E-state index is 0.0142. The number of benzene rings is 1. The van der Waals surface area contributed by atoms with E-state index in [0.29, 0.717) is 24.0 Å². The highest BCUT2D eigenvalue weighted by atomic mass is 16.5. The van der Waals surface area contributed by atoms with E-state index < -0.39 is 0 Å². The zero-order valence-corrected chi connectivity index (χ0v) is 13.8. The summed E-state index contributed by atoms with van der Waals surface area (Å²) in [6.45, 7) is 8.94. The lowest BCUT2D eigenvalue weighted by atomic mass is 10.1. The van der Waals surface area contributed by atoms with Crippen molar-refractivity contribution in [3.05, 3.63) is 42.5 Å². The maximum atomic E-state index is 12.0. The van der Waals surface area contributed by atoms with Crippen LogP contribution < -0.4 is 9.47 Å². The van der Waals surface area contributed by atoms with E-state index in [2.05, 4.69) is 20.4 Å². The Hall–Kier alpha value is -2.23. The first-order valence-corrected chi connectivity index (χ1v) is 7.32. The molecule has 1 amide bonds. The van der Waals surface area contributed by atoms with E-state index in [4.69, 9.17) is 9.47 Å². The normalized spacial score (nSPS) is 10.8. The summed E-state index contributed by atoms with van der Waals surface area (Å²) in [5, 5.41) is 0. The van der Waals surface area contributed by atoms with Crippen LogP contribution in [0.5, 0.6) is 11.5 Å². The van der Waals surface area contributed by atoms with Crippen LogP contribution in [-0.4, -0.2) is 38.1 Å². The fraction of sp³-hybridized carbons (Fsp3) is 0.389. The number of nitrogens with zero attached hydrogens (tertiary/aromatic N) is 1. The second kappa shape index (κ2) is 8.93. The highest BCUT2D eigenvalue weighted by Gasteiger charge is 2.07. The SMILES string of the molecule is C=CCOc1ccc(/C=C/C(=O)N(C)CC(C)C)cc1OC. The number of methoxy groups -OCH3 is 1. The fourth-order valence-corrected chi connectivity index (χ4v) is 1.99. The van der Waals surface area contributed by atoms with Crippen molar-refractivity contribution < 1.29 is 14.3 Å². The summed E-state index contributed by atoms with van der Waals surface area (Å²) < 4.78 is 10.8. The van der Waals surface area contributed by atoms with Gasteiger partial charge in [0.05, 0.1) is 7.11 Å². The first-order valence-electron chi connectivity index (χ1n) is 7.32. The molecular weight excluding hydrogens is 278 g/mol. The summed E-state index contributed by atoms with van der Waals surface area (Å²) in [5.41, 5.74) is 0.883. The molecule has 0 heterocycles. The second-order valence-corrected chi connectivity index (χ2v) is 5.46. The third kappa shape index (κ3) is 5.64. The molecule has 0 radical (unpaired) electrons. The first-order chi connectivity index (χ1) is 10.5. The van der Waals surface area contributed by atoms with Gasteiger partial charge in [0.2, 0.25) is 5.91 Å². The van der Waals surface area contributed by atoms with Crippen molar-refractivity contribution in [2.45, 2.75) is 13.8 Å². The van der Waals surface area contributed by atoms with Gasteiger partial charge >= 0.3 is 0 Å². The molecule has 0 spiro atoms. The molecule has 120 valence electrons. The number of carbonyl (C=O) groups is 1. The smallest absolute Gasteiger partial charge is 0.246 e. The summed E-state index contributed by atoms with van der Waals surface area (Å²) in [5.74, 6) is 1.72. The van der Waals surface area contributed by atoms with Crippen LogP contribution in [0, 0.1) is 5.92 Å². The molecule has 0 aromatic heterocycles. The summed E-state index contributed by atoms with van der Waals surface area (Å²) in [7, 11) is 3.39. The average Bonchev–Trinajstić information content (AvgIpc) is 2.50. The molecule has 1 rings (SSSR count). The van der Waals surface area contributed by atoms with Crippen molar-refractivity contribution in [1.29, 1.82) is 0 Å². The van der Waals surface area contributed by atoms with Crippen molar-refractivity contribution in [1.82, 2.24) is 4.90 Å². The molecule has 0 saturated carbocycles. The Morgan fingerprint density at radius 2 is 2.09 bits per heavy atom. The number of amides is 1. The monoisotopic (exact) mass is 303 g/mol. The lowest BCUT2D eigenvalue weighted by Crippen LogP contribution is -2.28. The van der Waals surface area contributed by atoms with Gasteiger partial charge < -0.3 is 14.4 Å². The molecule has 0 fully saturated rings. The number of rotatable bonds is 8. The molecule has 0 aliphatic rings. The van der Waals surface area contributed by atoms with E-state index in [1.165, 1.54) is 0 Å². The fourth-order valence-electron chi connectivity index (χ4n) is 1.99. The number of hydrogen-bond acceptors (Lipinski definition) is 3. The highest BCUT2D eigenvalue weighted by molar-refractivity contribution is 5.91. The predicted molar refractivity (Wildman–Crippen MR) is 90.2 cm³/mol. The maximum absolute atomic E-state index is 12.0. The van der Waals surface area contributed by atoms with E-state index in [1.807, 2.05) is 18.2 Å². The Morgan fingerprint density at radius 3 is 2.68 bits per heavy atom. The molecular formula is C18H25NO3. The Balaban J connectivity index is 2.78. The van der Waals surface area contributed by atoms with Gasteiger partial charge in [-0.15, -0.1) is 0 Å². The Kier molecular flexibility index (Phi) is 7.23. The zero-order valence-electron chi connectivity index (χ0n) is 13.8. The van der Waals surface area contributed by atoms with Gasteiger partial charge in [-0.1, -0.05) is 32.6 Å². The van der Waals surface area contributed by atoms with Crippen LogP contribution in [-0.2, 0) is 4.79 Å². The molecule has 0 aliphatic carbocycles. The number of ether oxygens (including phenoxy) is 2. The van der Waals surface area contributed by atoms with Gasteiger partial charge in [-0.05, 0) is 29.7 Å². The van der Waals surface area contributed by atoms with Crippen LogP contribution in [0.1, 0.15) is 19.4 Å². The van der Waals surface area contributed by atoms with Crippen LogP contribution in [0.2, 0.25) is 0 Å². The average molecular weight is 303 g/mol. The Morgan fingerprint density at radius 1 is 1.36 bits per heavy atom. The van der Waals surface area contributed by atoms with Gasteiger partial charge in [-0.2, -0.15) is 0 Å². The van der Waals surface area contributed by atoms with Crippen molar-refractivity contribution in [3.63, 3.8) is 0 Å². The topological polar surface area (TPSA) is 38.8 Å². The summed E-state index contributed by atoms with van der Waals surface area (Å²) in [4.78, 5) is 13.7. The van der Waals surface area contributed by atoms with E-state index in [0.717, 1.165) is 12.1 Å². The molecule has 0 atom stereocenters. The van der Waals surface area contributed by atoms with Crippen LogP contribution >= 0.6 is 0 Å². The van der Waals surface area contributed by atoms with Crippen LogP contribution in [0.25, 0.3) is 6.08 Å². The van der Waals surface area contributed by atoms with Crippen molar-refractivity contribution in [2.75, 3.05) is 27.3 Å². The lowest BCUT2D eigenvalue weighted by Gasteiger charge is -2.17. The first kappa shape index (κ1) is 17.8. The molecule has 1 aromatic carbocycles. The number of likely N-dealkylation sites (N-methyl/N-ethyl adjacent to an activating group) is 1. The molecule has 0 saturated heterocycles. The minimum atomic E-state index is -0.0142. The molecule has 0 N–H and O–H groups in total. The summed E-state index contributed by atoms with van der Waals surface area (Å²) in [6, 6.07) is 5.54. The second-order valence-electron chi connectivity index (χ2n) is 5.46. The Bertz CT molecular complexity index is 535. The maximum Gasteiger partial charge on any atom is 0.246 e. The van der Waals surface area contributed by atoms with Gasteiger partial charge in [-0.25, -0.2) is 0 Å². The van der Waals surface area contributed by atoms with Gasteiger partial charge in [-0.3, -0.25) is 4.79 Å². The number of hydrogen-bond donors (Lipinski definition) is 0. The molecule has 0 bridgehead atoms. The zero-order chi connectivity index (χ0) is 16.5. The van der Waals surface area contributed by atoms with Gasteiger partial charge in [0.15, 0.2) is 11.5 Å². The predicted octanol–water partition coefficient (Wildman–Crippen LogP) is 3.39. The molecule has 4 heteroatoms. The van der Waals surface area contributed by atoms with Crippen molar-refractivity contribution in [3.8, 4) is 11.5 Å². The van der Waals surface area contributed by atoms with E-state index in [-0.39, 0.29) is 5.91 Å². The number of carbonyl (C=O) groups excluding carboxylic acids is 1. The van der Waals surface area contributed by atoms with E-state index >= 15 is 0 Å². The highest BCUT2D eigenvalue weighted by Crippen LogP contribution is 2.28. The standard InChI is InChI=1S/C18H25NO3/c1-6-11-22-16-9-7-15(12-17(16)21-5)8-10-18(20)19(4)13-14(2)3/h6-10,12,14H,1,11,13H2,2-5H3/b10-8+.